The lowest BCUT2D eigenvalue weighted by Crippen LogP contribution is -2.49. The molecule has 0 radical (unpaired) electrons. The Bertz CT molecular complexity index is 727. The predicted octanol–water partition coefficient (Wildman–Crippen LogP) is 2.45. The van der Waals surface area contributed by atoms with Crippen LogP contribution in [-0.4, -0.2) is 53.0 Å². The normalized spacial score (nSPS) is 24.6. The number of hydrogen-bond donors (Lipinski definition) is 2. The molecule has 0 aromatic heterocycles. The molecule has 28 heavy (non-hydrogen) atoms. The molecule has 1 atom stereocenters. The fourth-order valence-corrected chi connectivity index (χ4v) is 4.14. The van der Waals surface area contributed by atoms with Gasteiger partial charge in [-0.15, -0.1) is 0 Å². The van der Waals surface area contributed by atoms with E-state index in [2.05, 4.69) is 5.32 Å². The zero-order valence-corrected chi connectivity index (χ0v) is 16.2. The summed E-state index contributed by atoms with van der Waals surface area (Å²) in [6.07, 6.45) is 3.91. The fourth-order valence-electron chi connectivity index (χ4n) is 4.14. The first-order valence-electron chi connectivity index (χ1n) is 10.1. The summed E-state index contributed by atoms with van der Waals surface area (Å²) in [5.41, 5.74) is 0.478. The van der Waals surface area contributed by atoms with Crippen molar-refractivity contribution in [1.82, 2.24) is 10.2 Å². The van der Waals surface area contributed by atoms with Crippen molar-refractivity contribution >= 4 is 17.8 Å². The predicted molar refractivity (Wildman–Crippen MR) is 103 cm³/mol. The van der Waals surface area contributed by atoms with Gasteiger partial charge in [-0.25, -0.2) is 0 Å². The second-order valence-corrected chi connectivity index (χ2v) is 7.48. The first-order valence-corrected chi connectivity index (χ1v) is 10.1. The molecule has 2 fully saturated rings. The number of para-hydroxylation sites is 1. The Kier molecular flexibility index (Phi) is 6.54. The van der Waals surface area contributed by atoms with Crippen LogP contribution in [0.25, 0.3) is 0 Å². The van der Waals surface area contributed by atoms with Gasteiger partial charge >= 0.3 is 5.97 Å². The number of amides is 2. The summed E-state index contributed by atoms with van der Waals surface area (Å²) < 4.78 is 5.57. The molecule has 3 rings (SSSR count). The summed E-state index contributed by atoms with van der Waals surface area (Å²) in [5, 5.41) is 12.1. The number of rotatable bonds is 6. The Hall–Kier alpha value is -2.57. The maximum atomic E-state index is 13.1. The quantitative estimate of drug-likeness (QED) is 0.780. The van der Waals surface area contributed by atoms with Crippen LogP contribution in [0.2, 0.25) is 0 Å². The number of hydrogen-bond acceptors (Lipinski definition) is 4. The van der Waals surface area contributed by atoms with E-state index in [-0.39, 0.29) is 23.8 Å². The molecule has 1 aliphatic carbocycles. The summed E-state index contributed by atoms with van der Waals surface area (Å²) in [6, 6.07) is 6.61. The third-order valence-electron chi connectivity index (χ3n) is 5.66. The highest BCUT2D eigenvalue weighted by Gasteiger charge is 2.37. The molecule has 152 valence electrons. The third-order valence-corrected chi connectivity index (χ3v) is 5.66. The number of carboxylic acids is 1. The van der Waals surface area contributed by atoms with Gasteiger partial charge in [0.15, 0.2) is 0 Å². The van der Waals surface area contributed by atoms with E-state index in [0.29, 0.717) is 56.6 Å². The van der Waals surface area contributed by atoms with Crippen LogP contribution in [0.5, 0.6) is 5.75 Å². The molecule has 7 heteroatoms. The summed E-state index contributed by atoms with van der Waals surface area (Å²) in [5.74, 6) is -0.860. The number of benzene rings is 1. The van der Waals surface area contributed by atoms with Crippen molar-refractivity contribution in [2.75, 3.05) is 13.2 Å². The molecular weight excluding hydrogens is 360 g/mol. The summed E-state index contributed by atoms with van der Waals surface area (Å²) in [4.78, 5) is 38.6. The Morgan fingerprint density at radius 3 is 2.54 bits per heavy atom. The van der Waals surface area contributed by atoms with Crippen molar-refractivity contribution in [1.29, 1.82) is 0 Å². The van der Waals surface area contributed by atoms with Gasteiger partial charge in [-0.2, -0.15) is 0 Å². The Morgan fingerprint density at radius 1 is 1.14 bits per heavy atom. The molecule has 2 amide bonds. The van der Waals surface area contributed by atoms with E-state index in [1.165, 1.54) is 0 Å². The number of nitrogens with one attached hydrogen (secondary N) is 1. The monoisotopic (exact) mass is 388 g/mol. The van der Waals surface area contributed by atoms with Crippen molar-refractivity contribution < 1.29 is 24.2 Å². The Labute approximate surface area is 165 Å². The number of carboxylic acid groups (broad SMARTS) is 1. The maximum Gasteiger partial charge on any atom is 0.306 e. The van der Waals surface area contributed by atoms with E-state index in [0.717, 1.165) is 6.42 Å². The molecule has 1 saturated carbocycles. The molecule has 1 aromatic rings. The first kappa shape index (κ1) is 20.2. The lowest BCUT2D eigenvalue weighted by atomic mass is 9.86. The SMILES string of the molecule is CCOc1ccccc1C(=O)N1CCCC1C(=O)NC1CCC(C(=O)O)CC1. The first-order chi connectivity index (χ1) is 13.5. The molecule has 1 saturated heterocycles. The van der Waals surface area contributed by atoms with Crippen LogP contribution in [0.3, 0.4) is 0 Å². The van der Waals surface area contributed by atoms with Crippen LogP contribution in [0.1, 0.15) is 55.8 Å². The summed E-state index contributed by atoms with van der Waals surface area (Å²) in [6.45, 7) is 2.88. The maximum absolute atomic E-state index is 13.1. The second-order valence-electron chi connectivity index (χ2n) is 7.48. The highest BCUT2D eigenvalue weighted by atomic mass is 16.5. The van der Waals surface area contributed by atoms with E-state index in [1.807, 2.05) is 13.0 Å². The molecule has 2 N–H and O–H groups in total. The minimum absolute atomic E-state index is 0.0173. The van der Waals surface area contributed by atoms with Gasteiger partial charge in [0.25, 0.3) is 5.91 Å². The third kappa shape index (κ3) is 4.46. The summed E-state index contributed by atoms with van der Waals surface area (Å²) >= 11 is 0. The van der Waals surface area contributed by atoms with Crippen LogP contribution in [-0.2, 0) is 9.59 Å². The van der Waals surface area contributed by atoms with Gasteiger partial charge in [-0.3, -0.25) is 14.4 Å². The number of carbonyl (C=O) groups is 3. The van der Waals surface area contributed by atoms with Crippen molar-refractivity contribution in [2.24, 2.45) is 5.92 Å². The molecule has 0 bridgehead atoms. The average molecular weight is 388 g/mol. The topological polar surface area (TPSA) is 95.9 Å². The lowest BCUT2D eigenvalue weighted by molar-refractivity contribution is -0.142. The van der Waals surface area contributed by atoms with E-state index in [9.17, 15) is 14.4 Å². The minimum atomic E-state index is -0.759. The number of ether oxygens (including phenoxy) is 1. The zero-order valence-electron chi connectivity index (χ0n) is 16.2. The number of carbonyl (C=O) groups excluding carboxylic acids is 2. The van der Waals surface area contributed by atoms with E-state index >= 15 is 0 Å². The fraction of sp³-hybridized carbons (Fsp3) is 0.571. The second kappa shape index (κ2) is 9.08. The largest absolute Gasteiger partial charge is 0.493 e. The highest BCUT2D eigenvalue weighted by Crippen LogP contribution is 2.27. The number of aliphatic carboxylic acids is 1. The van der Waals surface area contributed by atoms with Crippen LogP contribution in [0, 0.1) is 5.92 Å². The van der Waals surface area contributed by atoms with Crippen LogP contribution in [0.15, 0.2) is 24.3 Å². The average Bonchev–Trinajstić information content (AvgIpc) is 3.18. The van der Waals surface area contributed by atoms with Crippen LogP contribution >= 0.6 is 0 Å². The molecule has 0 spiro atoms. The minimum Gasteiger partial charge on any atom is -0.493 e. The van der Waals surface area contributed by atoms with Crippen LogP contribution < -0.4 is 10.1 Å². The van der Waals surface area contributed by atoms with Gasteiger partial charge in [0.1, 0.15) is 11.8 Å². The zero-order chi connectivity index (χ0) is 20.1. The molecular formula is C21H28N2O5. The molecule has 1 heterocycles. The van der Waals surface area contributed by atoms with E-state index in [1.54, 1.807) is 23.1 Å². The molecule has 2 aliphatic rings. The van der Waals surface area contributed by atoms with Crippen molar-refractivity contribution in [3.63, 3.8) is 0 Å². The van der Waals surface area contributed by atoms with Gasteiger partial charge in [-0.05, 0) is 57.6 Å². The van der Waals surface area contributed by atoms with Crippen molar-refractivity contribution in [3.8, 4) is 5.75 Å². The summed E-state index contributed by atoms with van der Waals surface area (Å²) in [7, 11) is 0. The standard InChI is InChI=1S/C21H28N2O5/c1-2-28-18-8-4-3-6-16(18)20(25)23-13-5-7-17(23)19(24)22-15-11-9-14(10-12-15)21(26)27/h3-4,6,8,14-15,17H,2,5,7,9-13H2,1H3,(H,22,24)(H,26,27). The Balaban J connectivity index is 1.63. The van der Waals surface area contributed by atoms with Crippen molar-refractivity contribution in [2.45, 2.75) is 57.5 Å². The smallest absolute Gasteiger partial charge is 0.306 e. The van der Waals surface area contributed by atoms with Crippen LogP contribution in [0.4, 0.5) is 0 Å². The molecule has 7 nitrogen and oxygen atoms in total. The van der Waals surface area contributed by atoms with E-state index in [4.69, 9.17) is 9.84 Å². The van der Waals surface area contributed by atoms with E-state index < -0.39 is 12.0 Å². The number of nitrogens with zero attached hydrogens (tertiary/aromatic N) is 1. The number of likely N-dealkylation sites (tertiary alicyclic amines) is 1. The van der Waals surface area contributed by atoms with Gasteiger partial charge in [0.05, 0.1) is 18.1 Å². The highest BCUT2D eigenvalue weighted by molar-refractivity contribution is 6.00. The van der Waals surface area contributed by atoms with Gasteiger partial charge < -0.3 is 20.1 Å². The molecule has 1 unspecified atom stereocenters. The van der Waals surface area contributed by atoms with Crippen molar-refractivity contribution in [3.05, 3.63) is 29.8 Å². The molecule has 1 aromatic carbocycles. The Morgan fingerprint density at radius 2 is 1.86 bits per heavy atom. The lowest BCUT2D eigenvalue weighted by Gasteiger charge is -2.30. The van der Waals surface area contributed by atoms with Gasteiger partial charge in [0.2, 0.25) is 5.91 Å². The van der Waals surface area contributed by atoms with Gasteiger partial charge in [0, 0.05) is 12.6 Å². The molecule has 1 aliphatic heterocycles. The van der Waals surface area contributed by atoms with Gasteiger partial charge in [-0.1, -0.05) is 12.1 Å².